The molecule has 0 spiro atoms. The van der Waals surface area contributed by atoms with Gasteiger partial charge in [-0.25, -0.2) is 0 Å². The van der Waals surface area contributed by atoms with E-state index >= 15 is 0 Å². The Morgan fingerprint density at radius 3 is 2.48 bits per heavy atom. The van der Waals surface area contributed by atoms with E-state index in [4.69, 9.17) is 0 Å². The lowest BCUT2D eigenvalue weighted by atomic mass is 10.0. The van der Waals surface area contributed by atoms with Crippen LogP contribution in [0.4, 0.5) is 10.8 Å². The van der Waals surface area contributed by atoms with Crippen molar-refractivity contribution in [3.05, 3.63) is 78.4 Å². The van der Waals surface area contributed by atoms with Gasteiger partial charge in [0.15, 0.2) is 4.34 Å². The molecule has 2 N–H and O–H groups in total. The molecule has 6 nitrogen and oxygen atoms in total. The number of carbonyl (C=O) groups is 2. The molecular weight excluding hydrogens is 404 g/mol. The van der Waals surface area contributed by atoms with Crippen molar-refractivity contribution in [1.29, 1.82) is 0 Å². The molecule has 0 saturated heterocycles. The number of anilines is 2. The predicted molar refractivity (Wildman–Crippen MR) is 118 cm³/mol. The third-order valence-corrected chi connectivity index (χ3v) is 6.02. The number of para-hydroxylation sites is 1. The zero-order valence-electron chi connectivity index (χ0n) is 15.2. The molecule has 144 valence electrons. The highest BCUT2D eigenvalue weighted by molar-refractivity contribution is 8.01. The van der Waals surface area contributed by atoms with E-state index in [0.29, 0.717) is 15.0 Å². The molecule has 0 unspecified atom stereocenters. The highest BCUT2D eigenvalue weighted by atomic mass is 32.2. The molecule has 0 fully saturated rings. The van der Waals surface area contributed by atoms with E-state index in [0.717, 1.165) is 16.5 Å². The van der Waals surface area contributed by atoms with E-state index < -0.39 is 0 Å². The average Bonchev–Trinajstić information content (AvgIpc) is 3.20. The highest BCUT2D eigenvalue weighted by Crippen LogP contribution is 2.27. The summed E-state index contributed by atoms with van der Waals surface area (Å²) in [7, 11) is 0. The molecule has 29 heavy (non-hydrogen) atoms. The van der Waals surface area contributed by atoms with Gasteiger partial charge in [0.2, 0.25) is 11.0 Å². The van der Waals surface area contributed by atoms with Gasteiger partial charge >= 0.3 is 0 Å². The minimum absolute atomic E-state index is 0.127. The van der Waals surface area contributed by atoms with Crippen LogP contribution >= 0.6 is 23.1 Å². The molecule has 2 amide bonds. The van der Waals surface area contributed by atoms with Crippen LogP contribution in [-0.4, -0.2) is 27.8 Å². The summed E-state index contributed by atoms with van der Waals surface area (Å²) in [6.07, 6.45) is 0. The number of carbonyl (C=O) groups excluding carboxylic acids is 2. The van der Waals surface area contributed by atoms with Crippen LogP contribution in [0.2, 0.25) is 0 Å². The fourth-order valence-corrected chi connectivity index (χ4v) is 4.30. The Hall–Kier alpha value is -3.23. The zero-order chi connectivity index (χ0) is 20.1. The Morgan fingerprint density at radius 1 is 0.862 bits per heavy atom. The standard InChI is InChI=1S/C21H16N4O2S2/c26-18(22-15-9-2-1-3-10-15)13-28-21-25-24-20(29-21)23-19(27)17-12-6-8-14-7-4-5-11-16(14)17/h1-12H,13H2,(H,22,26)(H,23,24,27). The van der Waals surface area contributed by atoms with Crippen molar-refractivity contribution in [2.45, 2.75) is 4.34 Å². The van der Waals surface area contributed by atoms with Crippen LogP contribution in [0.25, 0.3) is 10.8 Å². The number of benzene rings is 3. The fourth-order valence-electron chi connectivity index (χ4n) is 2.75. The van der Waals surface area contributed by atoms with Crippen LogP contribution in [0.5, 0.6) is 0 Å². The first-order chi connectivity index (χ1) is 14.2. The Kier molecular flexibility index (Phi) is 5.83. The number of nitrogens with one attached hydrogen (secondary N) is 2. The summed E-state index contributed by atoms with van der Waals surface area (Å²) < 4.78 is 0.612. The third kappa shape index (κ3) is 4.79. The summed E-state index contributed by atoms with van der Waals surface area (Å²) in [6.45, 7) is 0. The number of amides is 2. The lowest BCUT2D eigenvalue weighted by Crippen LogP contribution is -2.13. The predicted octanol–water partition coefficient (Wildman–Crippen LogP) is 4.67. The zero-order valence-corrected chi connectivity index (χ0v) is 16.8. The Balaban J connectivity index is 1.36. The molecule has 4 aromatic rings. The minimum atomic E-state index is -0.240. The topological polar surface area (TPSA) is 84.0 Å². The molecule has 0 aliphatic heterocycles. The molecule has 0 saturated carbocycles. The van der Waals surface area contributed by atoms with Gasteiger partial charge < -0.3 is 5.32 Å². The maximum absolute atomic E-state index is 12.7. The largest absolute Gasteiger partial charge is 0.325 e. The second-order valence-electron chi connectivity index (χ2n) is 6.06. The summed E-state index contributed by atoms with van der Waals surface area (Å²) in [6, 6.07) is 22.6. The van der Waals surface area contributed by atoms with Crippen molar-refractivity contribution in [2.24, 2.45) is 0 Å². The van der Waals surface area contributed by atoms with Crippen molar-refractivity contribution in [3.63, 3.8) is 0 Å². The monoisotopic (exact) mass is 420 g/mol. The quantitative estimate of drug-likeness (QED) is 0.350. The van der Waals surface area contributed by atoms with Crippen LogP contribution in [0, 0.1) is 0 Å². The first-order valence-corrected chi connectivity index (χ1v) is 10.6. The molecule has 0 aliphatic rings. The van der Waals surface area contributed by atoms with Gasteiger partial charge in [0, 0.05) is 11.3 Å². The van der Waals surface area contributed by atoms with E-state index in [-0.39, 0.29) is 17.6 Å². The van der Waals surface area contributed by atoms with Crippen molar-refractivity contribution in [3.8, 4) is 0 Å². The SMILES string of the molecule is O=C(CSc1nnc(NC(=O)c2cccc3ccccc23)s1)Nc1ccccc1. The molecule has 1 aromatic heterocycles. The van der Waals surface area contributed by atoms with Gasteiger partial charge in [0.1, 0.15) is 0 Å². The molecule has 3 aromatic carbocycles. The van der Waals surface area contributed by atoms with Gasteiger partial charge in [-0.15, -0.1) is 10.2 Å². The van der Waals surface area contributed by atoms with Crippen LogP contribution in [-0.2, 0) is 4.79 Å². The molecule has 0 atom stereocenters. The molecule has 0 radical (unpaired) electrons. The second kappa shape index (κ2) is 8.85. The van der Waals surface area contributed by atoms with Crippen LogP contribution < -0.4 is 10.6 Å². The summed E-state index contributed by atoms with van der Waals surface area (Å²) in [4.78, 5) is 24.7. The Labute approximate surface area is 175 Å². The Morgan fingerprint density at radius 2 is 1.62 bits per heavy atom. The molecule has 1 heterocycles. The van der Waals surface area contributed by atoms with Gasteiger partial charge in [-0.2, -0.15) is 0 Å². The van der Waals surface area contributed by atoms with Crippen molar-refractivity contribution in [1.82, 2.24) is 10.2 Å². The number of aromatic nitrogens is 2. The van der Waals surface area contributed by atoms with Gasteiger partial charge in [-0.1, -0.05) is 77.7 Å². The van der Waals surface area contributed by atoms with E-state index in [1.165, 1.54) is 23.1 Å². The normalized spacial score (nSPS) is 10.6. The first-order valence-electron chi connectivity index (χ1n) is 8.79. The number of hydrogen-bond donors (Lipinski definition) is 2. The Bertz CT molecular complexity index is 1160. The number of hydrogen-bond acceptors (Lipinski definition) is 6. The molecular formula is C21H16N4O2S2. The molecule has 0 bridgehead atoms. The molecule has 8 heteroatoms. The average molecular weight is 421 g/mol. The first kappa shape index (κ1) is 19.1. The van der Waals surface area contributed by atoms with Crippen molar-refractivity contribution < 1.29 is 9.59 Å². The number of rotatable bonds is 6. The van der Waals surface area contributed by atoms with Crippen LogP contribution in [0.3, 0.4) is 0 Å². The lowest BCUT2D eigenvalue weighted by molar-refractivity contribution is -0.113. The summed E-state index contributed by atoms with van der Waals surface area (Å²) in [5.74, 6) is -0.157. The molecule has 0 aliphatic carbocycles. The summed E-state index contributed by atoms with van der Waals surface area (Å²) in [5, 5.41) is 15.9. The lowest BCUT2D eigenvalue weighted by Gasteiger charge is -2.05. The smallest absolute Gasteiger partial charge is 0.258 e. The number of nitrogens with zero attached hydrogens (tertiary/aromatic N) is 2. The van der Waals surface area contributed by atoms with Gasteiger partial charge in [0.25, 0.3) is 5.91 Å². The number of thioether (sulfide) groups is 1. The van der Waals surface area contributed by atoms with E-state index in [1.807, 2.05) is 66.7 Å². The van der Waals surface area contributed by atoms with E-state index in [2.05, 4.69) is 20.8 Å². The maximum atomic E-state index is 12.7. The highest BCUT2D eigenvalue weighted by Gasteiger charge is 2.14. The van der Waals surface area contributed by atoms with Gasteiger partial charge in [-0.05, 0) is 29.0 Å². The number of fused-ring (bicyclic) bond motifs is 1. The van der Waals surface area contributed by atoms with Crippen LogP contribution in [0.1, 0.15) is 10.4 Å². The van der Waals surface area contributed by atoms with E-state index in [9.17, 15) is 9.59 Å². The van der Waals surface area contributed by atoms with Crippen LogP contribution in [0.15, 0.2) is 77.1 Å². The minimum Gasteiger partial charge on any atom is -0.325 e. The summed E-state index contributed by atoms with van der Waals surface area (Å²) in [5.41, 5.74) is 1.33. The van der Waals surface area contributed by atoms with Gasteiger partial charge in [0.05, 0.1) is 5.75 Å². The third-order valence-electron chi connectivity index (χ3n) is 4.05. The second-order valence-corrected chi connectivity index (χ2v) is 8.26. The fraction of sp³-hybridized carbons (Fsp3) is 0.0476. The molecule has 4 rings (SSSR count). The van der Waals surface area contributed by atoms with Gasteiger partial charge in [-0.3, -0.25) is 14.9 Å². The van der Waals surface area contributed by atoms with Crippen molar-refractivity contribution in [2.75, 3.05) is 16.4 Å². The van der Waals surface area contributed by atoms with E-state index in [1.54, 1.807) is 6.07 Å². The summed E-state index contributed by atoms with van der Waals surface area (Å²) >= 11 is 2.51. The maximum Gasteiger partial charge on any atom is 0.258 e. The van der Waals surface area contributed by atoms with Crippen molar-refractivity contribution >= 4 is 56.5 Å².